The normalized spacial score (nSPS) is 18.6. The molecule has 0 spiro atoms. The van der Waals surface area contributed by atoms with Gasteiger partial charge in [-0.3, -0.25) is 9.69 Å². The summed E-state index contributed by atoms with van der Waals surface area (Å²) < 4.78 is 5.22. The number of hydrogen-bond acceptors (Lipinski definition) is 3. The summed E-state index contributed by atoms with van der Waals surface area (Å²) in [5, 5.41) is 11.6. The topological polar surface area (TPSA) is 66.8 Å². The second-order valence-electron chi connectivity index (χ2n) is 6.89. The van der Waals surface area contributed by atoms with E-state index >= 15 is 0 Å². The molecular weight excluding hydrogens is 318 g/mol. The van der Waals surface area contributed by atoms with E-state index in [0.717, 1.165) is 16.3 Å². The first-order valence-electron chi connectivity index (χ1n) is 8.61. The number of carbonyl (C=O) groups is 2. The third-order valence-corrected chi connectivity index (χ3v) is 4.85. The quantitative estimate of drug-likeness (QED) is 0.870. The Morgan fingerprint density at radius 1 is 1.24 bits per heavy atom. The fourth-order valence-electron chi connectivity index (χ4n) is 3.58. The Hall–Kier alpha value is -2.56. The van der Waals surface area contributed by atoms with E-state index in [4.69, 9.17) is 4.74 Å². The summed E-state index contributed by atoms with van der Waals surface area (Å²) in [6.07, 6.45) is -0.0155. The molecule has 0 saturated carbocycles. The van der Waals surface area contributed by atoms with Gasteiger partial charge in [0, 0.05) is 0 Å². The Kier molecular flexibility index (Phi) is 4.93. The fourth-order valence-corrected chi connectivity index (χ4v) is 3.58. The Balaban J connectivity index is 1.95. The molecule has 0 aliphatic carbocycles. The maximum Gasteiger partial charge on any atom is 0.410 e. The zero-order chi connectivity index (χ0) is 18.0. The van der Waals surface area contributed by atoms with Gasteiger partial charge in [-0.1, -0.05) is 56.3 Å². The third kappa shape index (κ3) is 3.60. The highest BCUT2D eigenvalue weighted by Crippen LogP contribution is 2.28. The van der Waals surface area contributed by atoms with Crippen LogP contribution in [0.3, 0.4) is 0 Å². The molecule has 0 bridgehead atoms. The number of nitrogens with zero attached hydrogens (tertiary/aromatic N) is 1. The molecule has 1 saturated heterocycles. The van der Waals surface area contributed by atoms with E-state index in [-0.39, 0.29) is 18.4 Å². The van der Waals surface area contributed by atoms with Gasteiger partial charge in [0.05, 0.1) is 18.5 Å². The number of rotatable bonds is 6. The maximum atomic E-state index is 12.3. The first-order chi connectivity index (χ1) is 12.0. The molecule has 1 N–H and O–H groups in total. The fraction of sp³-hybridized carbons (Fsp3) is 0.400. The van der Waals surface area contributed by atoms with E-state index in [9.17, 15) is 14.7 Å². The van der Waals surface area contributed by atoms with Crippen LogP contribution >= 0.6 is 0 Å². The van der Waals surface area contributed by atoms with Crippen molar-refractivity contribution in [1.29, 1.82) is 0 Å². The van der Waals surface area contributed by atoms with Crippen LogP contribution in [0.4, 0.5) is 4.79 Å². The number of aliphatic carboxylic acids is 1. The summed E-state index contributed by atoms with van der Waals surface area (Å²) in [7, 11) is 0. The number of fused-ring (bicyclic) bond motifs is 1. The molecule has 2 atom stereocenters. The van der Waals surface area contributed by atoms with Gasteiger partial charge in [0.1, 0.15) is 6.61 Å². The van der Waals surface area contributed by atoms with Gasteiger partial charge in [0.2, 0.25) is 0 Å². The lowest BCUT2D eigenvalue weighted by Gasteiger charge is -2.32. The zero-order valence-electron chi connectivity index (χ0n) is 14.5. The van der Waals surface area contributed by atoms with Crippen LogP contribution in [0.25, 0.3) is 10.8 Å². The van der Waals surface area contributed by atoms with Gasteiger partial charge in [0.15, 0.2) is 0 Å². The van der Waals surface area contributed by atoms with Gasteiger partial charge in [-0.15, -0.1) is 0 Å². The van der Waals surface area contributed by atoms with Crippen molar-refractivity contribution in [3.8, 4) is 0 Å². The van der Waals surface area contributed by atoms with Crippen LogP contribution in [0.15, 0.2) is 42.5 Å². The first-order valence-corrected chi connectivity index (χ1v) is 8.61. The molecule has 1 fully saturated rings. The van der Waals surface area contributed by atoms with Crippen LogP contribution in [0, 0.1) is 5.92 Å². The molecule has 1 aliphatic rings. The molecular formula is C20H23NO4. The SMILES string of the molecule is CC(C)[C@H]1COC(=O)N1[C@@H](CC(=O)O)Cc1cccc2ccccc12. The Bertz CT molecular complexity index is 781. The van der Waals surface area contributed by atoms with Crippen molar-refractivity contribution < 1.29 is 19.4 Å². The minimum Gasteiger partial charge on any atom is -0.481 e. The molecule has 2 aromatic rings. The summed E-state index contributed by atoms with van der Waals surface area (Å²) in [6, 6.07) is 13.5. The number of cyclic esters (lactones) is 1. The van der Waals surface area contributed by atoms with Crippen LogP contribution in [-0.4, -0.2) is 40.8 Å². The summed E-state index contributed by atoms with van der Waals surface area (Å²) in [5.74, 6) is -0.706. The predicted octanol–water partition coefficient (Wildman–Crippen LogP) is 3.70. The lowest BCUT2D eigenvalue weighted by molar-refractivity contribution is -0.138. The van der Waals surface area contributed by atoms with Crippen molar-refractivity contribution in [3.63, 3.8) is 0 Å². The van der Waals surface area contributed by atoms with Crippen LogP contribution < -0.4 is 0 Å². The van der Waals surface area contributed by atoms with Crippen LogP contribution in [0.1, 0.15) is 25.8 Å². The Morgan fingerprint density at radius 3 is 2.68 bits per heavy atom. The Morgan fingerprint density at radius 2 is 1.96 bits per heavy atom. The lowest BCUT2D eigenvalue weighted by Crippen LogP contribution is -2.46. The number of carbonyl (C=O) groups excluding carboxylic acids is 1. The molecule has 0 radical (unpaired) electrons. The van der Waals surface area contributed by atoms with Crippen LogP contribution in [0.2, 0.25) is 0 Å². The highest BCUT2D eigenvalue weighted by Gasteiger charge is 2.40. The standard InChI is InChI=1S/C20H23NO4/c1-13(2)18-12-25-20(24)21(18)16(11-19(22)23)10-15-8-5-7-14-6-3-4-9-17(14)15/h3-9,13,16,18H,10-12H2,1-2H3,(H,22,23)/t16-,18-/m1/s1. The largest absolute Gasteiger partial charge is 0.481 e. The van der Waals surface area contributed by atoms with Gasteiger partial charge in [-0.05, 0) is 28.7 Å². The van der Waals surface area contributed by atoms with Gasteiger partial charge in [0.25, 0.3) is 0 Å². The number of benzene rings is 2. The monoisotopic (exact) mass is 341 g/mol. The van der Waals surface area contributed by atoms with E-state index in [2.05, 4.69) is 0 Å². The number of hydrogen-bond donors (Lipinski definition) is 1. The van der Waals surface area contributed by atoms with Gasteiger partial charge in [-0.2, -0.15) is 0 Å². The maximum absolute atomic E-state index is 12.3. The molecule has 5 nitrogen and oxygen atoms in total. The molecule has 0 unspecified atom stereocenters. The second kappa shape index (κ2) is 7.13. The smallest absolute Gasteiger partial charge is 0.410 e. The van der Waals surface area contributed by atoms with Crippen molar-refractivity contribution in [3.05, 3.63) is 48.0 Å². The summed E-state index contributed by atoms with van der Waals surface area (Å²) in [4.78, 5) is 25.3. The van der Waals surface area contributed by atoms with Gasteiger partial charge < -0.3 is 9.84 Å². The molecule has 1 aliphatic heterocycles. The Labute approximate surface area is 147 Å². The van der Waals surface area contributed by atoms with Crippen LogP contribution in [0.5, 0.6) is 0 Å². The van der Waals surface area contributed by atoms with E-state index in [1.807, 2.05) is 56.3 Å². The molecule has 0 aromatic heterocycles. The van der Waals surface area contributed by atoms with Crippen molar-refractivity contribution in [2.75, 3.05) is 6.61 Å². The molecule has 1 heterocycles. The van der Waals surface area contributed by atoms with Gasteiger partial charge >= 0.3 is 12.1 Å². The lowest BCUT2D eigenvalue weighted by atomic mass is 9.94. The highest BCUT2D eigenvalue weighted by molar-refractivity contribution is 5.86. The number of carboxylic acid groups (broad SMARTS) is 1. The van der Waals surface area contributed by atoms with E-state index in [0.29, 0.717) is 13.0 Å². The van der Waals surface area contributed by atoms with Crippen molar-refractivity contribution in [2.45, 2.75) is 38.8 Å². The minimum absolute atomic E-state index is 0.0909. The highest BCUT2D eigenvalue weighted by atomic mass is 16.6. The summed E-state index contributed by atoms with van der Waals surface area (Å²) in [5.41, 5.74) is 1.05. The molecule has 1 amide bonds. The van der Waals surface area contributed by atoms with Gasteiger partial charge in [-0.25, -0.2) is 4.79 Å². The zero-order valence-corrected chi connectivity index (χ0v) is 14.5. The third-order valence-electron chi connectivity index (χ3n) is 4.85. The molecule has 5 heteroatoms. The van der Waals surface area contributed by atoms with Crippen molar-refractivity contribution in [1.82, 2.24) is 4.90 Å². The average molecular weight is 341 g/mol. The summed E-state index contributed by atoms with van der Waals surface area (Å²) >= 11 is 0. The number of carboxylic acids is 1. The number of ether oxygens (including phenoxy) is 1. The minimum atomic E-state index is -0.910. The van der Waals surface area contributed by atoms with E-state index < -0.39 is 18.1 Å². The molecule has 3 rings (SSSR count). The molecule has 25 heavy (non-hydrogen) atoms. The predicted molar refractivity (Wildman–Crippen MR) is 95.5 cm³/mol. The molecule has 2 aromatic carbocycles. The average Bonchev–Trinajstić information content (AvgIpc) is 2.96. The van der Waals surface area contributed by atoms with Crippen molar-refractivity contribution in [2.24, 2.45) is 5.92 Å². The molecule has 132 valence electrons. The van der Waals surface area contributed by atoms with E-state index in [1.54, 1.807) is 4.90 Å². The second-order valence-corrected chi connectivity index (χ2v) is 6.89. The van der Waals surface area contributed by atoms with E-state index in [1.165, 1.54) is 0 Å². The van der Waals surface area contributed by atoms with Crippen LogP contribution in [-0.2, 0) is 16.0 Å². The first kappa shape index (κ1) is 17.3. The number of amides is 1. The summed E-state index contributed by atoms with van der Waals surface area (Å²) in [6.45, 7) is 4.37. The van der Waals surface area contributed by atoms with Crippen molar-refractivity contribution >= 4 is 22.8 Å².